The highest BCUT2D eigenvalue weighted by Crippen LogP contribution is 2.25. The van der Waals surface area contributed by atoms with Gasteiger partial charge in [-0.25, -0.2) is 0 Å². The smallest absolute Gasteiger partial charge is 0.107 e. The lowest BCUT2D eigenvalue weighted by Crippen LogP contribution is -2.57. The van der Waals surface area contributed by atoms with Gasteiger partial charge in [0, 0.05) is 6.04 Å². The third-order valence-corrected chi connectivity index (χ3v) is 3.76. The van der Waals surface area contributed by atoms with E-state index >= 15 is 0 Å². The normalized spacial score (nSPS) is 38.3. The molecule has 0 aliphatic heterocycles. The van der Waals surface area contributed by atoms with E-state index in [0.717, 1.165) is 13.0 Å². The zero-order valence-corrected chi connectivity index (χ0v) is 11.0. The van der Waals surface area contributed by atoms with Crippen molar-refractivity contribution in [2.45, 2.75) is 70.3 Å². The molecule has 102 valence electrons. The molecule has 1 aliphatic carbocycles. The van der Waals surface area contributed by atoms with Crippen LogP contribution in [-0.4, -0.2) is 46.2 Å². The van der Waals surface area contributed by atoms with Crippen molar-refractivity contribution >= 4 is 0 Å². The summed E-state index contributed by atoms with van der Waals surface area (Å²) >= 11 is 0. The summed E-state index contributed by atoms with van der Waals surface area (Å²) in [6, 6.07) is -0.0926. The predicted molar refractivity (Wildman–Crippen MR) is 67.7 cm³/mol. The third-order valence-electron chi connectivity index (χ3n) is 3.76. The highest BCUT2D eigenvalue weighted by atomic mass is 16.4. The molecule has 4 heteroatoms. The van der Waals surface area contributed by atoms with E-state index in [9.17, 15) is 15.3 Å². The van der Waals surface area contributed by atoms with Crippen molar-refractivity contribution in [2.75, 3.05) is 6.54 Å². The molecule has 1 aliphatic rings. The zero-order valence-electron chi connectivity index (χ0n) is 11.0. The summed E-state index contributed by atoms with van der Waals surface area (Å²) < 4.78 is 0. The summed E-state index contributed by atoms with van der Waals surface area (Å²) in [6.07, 6.45) is 2.80. The zero-order chi connectivity index (χ0) is 12.8. The maximum atomic E-state index is 9.86. The van der Waals surface area contributed by atoms with Crippen molar-refractivity contribution in [3.8, 4) is 0 Å². The van der Waals surface area contributed by atoms with E-state index in [4.69, 9.17) is 0 Å². The van der Waals surface area contributed by atoms with Crippen molar-refractivity contribution in [2.24, 2.45) is 5.92 Å². The van der Waals surface area contributed by atoms with E-state index in [1.807, 2.05) is 6.92 Å². The number of aliphatic hydroxyl groups excluding tert-OH is 3. The van der Waals surface area contributed by atoms with Gasteiger partial charge >= 0.3 is 0 Å². The van der Waals surface area contributed by atoms with Crippen molar-refractivity contribution in [1.82, 2.24) is 5.32 Å². The molecule has 2 unspecified atom stereocenters. The molecule has 5 atom stereocenters. The summed E-state index contributed by atoms with van der Waals surface area (Å²) in [6.45, 7) is 4.96. The van der Waals surface area contributed by atoms with Gasteiger partial charge in [0.25, 0.3) is 0 Å². The van der Waals surface area contributed by atoms with Gasteiger partial charge in [-0.1, -0.05) is 33.1 Å². The lowest BCUT2D eigenvalue weighted by molar-refractivity contribution is -0.119. The van der Waals surface area contributed by atoms with Gasteiger partial charge in [0.1, 0.15) is 6.10 Å². The first-order valence-electron chi connectivity index (χ1n) is 6.85. The first-order valence-corrected chi connectivity index (χ1v) is 6.85. The molecule has 0 spiro atoms. The van der Waals surface area contributed by atoms with E-state index < -0.39 is 18.3 Å². The van der Waals surface area contributed by atoms with Crippen LogP contribution in [0.1, 0.15) is 46.0 Å². The molecule has 1 rings (SSSR count). The minimum absolute atomic E-state index is 0.0292. The highest BCUT2D eigenvalue weighted by molar-refractivity contribution is 4.94. The van der Waals surface area contributed by atoms with E-state index in [-0.39, 0.29) is 12.0 Å². The summed E-state index contributed by atoms with van der Waals surface area (Å²) in [4.78, 5) is 0. The Morgan fingerprint density at radius 3 is 2.35 bits per heavy atom. The molecular formula is C13H27NO3. The molecule has 0 aromatic carbocycles. The van der Waals surface area contributed by atoms with Crippen LogP contribution in [0.3, 0.4) is 0 Å². The number of hydrogen-bond donors (Lipinski definition) is 4. The van der Waals surface area contributed by atoms with Crippen LogP contribution in [0.5, 0.6) is 0 Å². The molecule has 0 radical (unpaired) electrons. The van der Waals surface area contributed by atoms with Gasteiger partial charge in [0.05, 0.1) is 12.2 Å². The van der Waals surface area contributed by atoms with Gasteiger partial charge in [-0.2, -0.15) is 0 Å². The molecule has 0 aromatic heterocycles. The van der Waals surface area contributed by atoms with Gasteiger partial charge in [0.2, 0.25) is 0 Å². The molecule has 0 aromatic rings. The molecule has 0 bridgehead atoms. The molecule has 1 fully saturated rings. The lowest BCUT2D eigenvalue weighted by atomic mass is 9.80. The first-order chi connectivity index (χ1) is 8.07. The van der Waals surface area contributed by atoms with Crippen LogP contribution in [0.2, 0.25) is 0 Å². The maximum Gasteiger partial charge on any atom is 0.107 e. The average Bonchev–Trinajstić information content (AvgIpc) is 2.32. The van der Waals surface area contributed by atoms with E-state index in [2.05, 4.69) is 12.2 Å². The molecule has 1 saturated carbocycles. The topological polar surface area (TPSA) is 72.7 Å². The predicted octanol–water partition coefficient (Wildman–Crippen LogP) is 0.647. The largest absolute Gasteiger partial charge is 0.390 e. The van der Waals surface area contributed by atoms with Crippen LogP contribution in [0.15, 0.2) is 0 Å². The van der Waals surface area contributed by atoms with Gasteiger partial charge in [-0.3, -0.25) is 0 Å². The number of nitrogens with one attached hydrogen (secondary N) is 1. The second kappa shape index (κ2) is 7.31. The lowest BCUT2D eigenvalue weighted by Gasteiger charge is -2.39. The minimum Gasteiger partial charge on any atom is -0.390 e. The Morgan fingerprint density at radius 2 is 1.71 bits per heavy atom. The summed E-state index contributed by atoms with van der Waals surface area (Å²) in [5.74, 6) is 0.0292. The van der Waals surface area contributed by atoms with Gasteiger partial charge in [-0.15, -0.1) is 0 Å². The third kappa shape index (κ3) is 4.21. The van der Waals surface area contributed by atoms with E-state index in [1.165, 1.54) is 19.3 Å². The molecule has 0 amide bonds. The molecule has 17 heavy (non-hydrogen) atoms. The second-order valence-electron chi connectivity index (χ2n) is 5.31. The Bertz CT molecular complexity index is 213. The Kier molecular flexibility index (Phi) is 6.41. The Balaban J connectivity index is 2.28. The van der Waals surface area contributed by atoms with Gasteiger partial charge in [0.15, 0.2) is 0 Å². The molecule has 0 heterocycles. The van der Waals surface area contributed by atoms with Crippen LogP contribution in [-0.2, 0) is 0 Å². The molecule has 4 N–H and O–H groups in total. The van der Waals surface area contributed by atoms with Crippen LogP contribution < -0.4 is 5.32 Å². The summed E-state index contributed by atoms with van der Waals surface area (Å²) in [5.41, 5.74) is 0. The van der Waals surface area contributed by atoms with Crippen molar-refractivity contribution in [3.63, 3.8) is 0 Å². The Morgan fingerprint density at radius 1 is 1.00 bits per heavy atom. The van der Waals surface area contributed by atoms with Gasteiger partial charge < -0.3 is 20.6 Å². The summed E-state index contributed by atoms with van der Waals surface area (Å²) in [7, 11) is 0. The maximum absolute atomic E-state index is 9.86. The van der Waals surface area contributed by atoms with Gasteiger partial charge in [-0.05, 0) is 25.3 Å². The van der Waals surface area contributed by atoms with Crippen LogP contribution >= 0.6 is 0 Å². The SMILES string of the molecule is CCCCCCN[C@H]1CC(C)[C@@H](O)C(O)[C@@H]1O. The fourth-order valence-corrected chi connectivity index (χ4v) is 2.50. The fourth-order valence-electron chi connectivity index (χ4n) is 2.50. The quantitative estimate of drug-likeness (QED) is 0.518. The number of hydrogen-bond acceptors (Lipinski definition) is 4. The minimum atomic E-state index is -1.02. The van der Waals surface area contributed by atoms with Crippen LogP contribution in [0, 0.1) is 5.92 Å². The van der Waals surface area contributed by atoms with Crippen molar-refractivity contribution in [3.05, 3.63) is 0 Å². The highest BCUT2D eigenvalue weighted by Gasteiger charge is 2.40. The standard InChI is InChI=1S/C13H27NO3/c1-3-4-5-6-7-14-10-8-9(2)11(15)13(17)12(10)16/h9-17H,3-8H2,1-2H3/t9?,10-,11+,12+,13?/m0/s1. The second-order valence-corrected chi connectivity index (χ2v) is 5.31. The first kappa shape index (κ1) is 14.9. The molecular weight excluding hydrogens is 218 g/mol. The fraction of sp³-hybridized carbons (Fsp3) is 1.00. The van der Waals surface area contributed by atoms with Crippen molar-refractivity contribution < 1.29 is 15.3 Å². The number of aliphatic hydroxyl groups is 3. The van der Waals surface area contributed by atoms with Crippen LogP contribution in [0.4, 0.5) is 0 Å². The number of unbranched alkanes of at least 4 members (excludes halogenated alkanes) is 3. The monoisotopic (exact) mass is 245 g/mol. The molecule has 0 saturated heterocycles. The summed E-state index contributed by atoms with van der Waals surface area (Å²) in [5, 5.41) is 32.5. The Hall–Kier alpha value is -0.160. The van der Waals surface area contributed by atoms with Crippen LogP contribution in [0.25, 0.3) is 0 Å². The average molecular weight is 245 g/mol. The Labute approximate surface area is 104 Å². The van der Waals surface area contributed by atoms with Crippen molar-refractivity contribution in [1.29, 1.82) is 0 Å². The number of rotatable bonds is 6. The van der Waals surface area contributed by atoms with E-state index in [0.29, 0.717) is 6.42 Å². The molecule has 4 nitrogen and oxygen atoms in total. The van der Waals surface area contributed by atoms with E-state index in [1.54, 1.807) is 0 Å².